The zero-order valence-corrected chi connectivity index (χ0v) is 23.4. The molecule has 204 valence electrons. The third kappa shape index (κ3) is 3.00. The minimum absolute atomic E-state index is 0.0342. The highest BCUT2D eigenvalue weighted by Gasteiger charge is 2.73. The topological polar surface area (TPSA) is 74.7 Å². The summed E-state index contributed by atoms with van der Waals surface area (Å²) in [4.78, 5) is 43.1. The Kier molecular flexibility index (Phi) is 5.17. The smallest absolute Gasteiger partial charge is 0.309 e. The summed E-state index contributed by atoms with van der Waals surface area (Å²) in [6, 6.07) is 13.9. The van der Waals surface area contributed by atoms with Gasteiger partial charge in [-0.1, -0.05) is 75.2 Å². The SMILES string of the molecule is CC(C)C1=C[C@@]23CC[C@H]4[C@](C)(CCC[C@@]4(C)C(=O)O)[C@@H]2C[C@H]1[C@H]1C(=O)N(c2cccc4ccccc24)C(=O)[C@H]13. The number of carbonyl (C=O) groups excluding carboxylic acids is 2. The van der Waals surface area contributed by atoms with Gasteiger partial charge in [0.15, 0.2) is 0 Å². The highest BCUT2D eigenvalue weighted by Crippen LogP contribution is 2.74. The molecule has 39 heavy (non-hydrogen) atoms. The summed E-state index contributed by atoms with van der Waals surface area (Å²) in [6.07, 6.45) is 7.53. The van der Waals surface area contributed by atoms with Gasteiger partial charge >= 0.3 is 5.97 Å². The molecule has 0 radical (unpaired) electrons. The summed E-state index contributed by atoms with van der Waals surface area (Å²) in [7, 11) is 0. The molecule has 0 aromatic heterocycles. The van der Waals surface area contributed by atoms with Crippen molar-refractivity contribution in [1.82, 2.24) is 0 Å². The number of fused-ring (bicyclic) bond motifs is 2. The molecule has 0 unspecified atom stereocenters. The number of allylic oxidation sites excluding steroid dienone is 2. The van der Waals surface area contributed by atoms with Crippen LogP contribution >= 0.6 is 0 Å². The fourth-order valence-electron chi connectivity index (χ4n) is 10.6. The number of amides is 2. The number of imide groups is 1. The second-order valence-electron chi connectivity index (χ2n) is 14.0. The molecule has 3 saturated carbocycles. The minimum Gasteiger partial charge on any atom is -0.481 e. The molecule has 8 rings (SSSR count). The van der Waals surface area contributed by atoms with Gasteiger partial charge in [-0.2, -0.15) is 0 Å². The molecule has 1 saturated heterocycles. The van der Waals surface area contributed by atoms with Gasteiger partial charge in [-0.15, -0.1) is 0 Å². The molecule has 2 amide bonds. The number of hydrogen-bond acceptors (Lipinski definition) is 3. The number of nitrogens with zero attached hydrogens (tertiary/aromatic N) is 1. The van der Waals surface area contributed by atoms with E-state index in [4.69, 9.17) is 0 Å². The molecule has 5 heteroatoms. The van der Waals surface area contributed by atoms with Crippen molar-refractivity contribution in [3.63, 3.8) is 0 Å². The van der Waals surface area contributed by atoms with Gasteiger partial charge in [-0.25, -0.2) is 4.90 Å². The van der Waals surface area contributed by atoms with Crippen molar-refractivity contribution in [2.24, 2.45) is 51.8 Å². The van der Waals surface area contributed by atoms with Crippen molar-refractivity contribution in [2.45, 2.75) is 66.2 Å². The molecule has 1 aliphatic heterocycles. The molecule has 5 aliphatic carbocycles. The molecule has 1 N–H and O–H groups in total. The largest absolute Gasteiger partial charge is 0.481 e. The predicted molar refractivity (Wildman–Crippen MR) is 151 cm³/mol. The fraction of sp³-hybridized carbons (Fsp3) is 0.559. The van der Waals surface area contributed by atoms with Crippen LogP contribution < -0.4 is 4.90 Å². The minimum atomic E-state index is -0.736. The lowest BCUT2D eigenvalue weighted by molar-refractivity contribution is -0.194. The number of carboxylic acid groups (broad SMARTS) is 1. The monoisotopic (exact) mass is 525 g/mol. The maximum Gasteiger partial charge on any atom is 0.309 e. The van der Waals surface area contributed by atoms with Gasteiger partial charge in [0.1, 0.15) is 0 Å². The van der Waals surface area contributed by atoms with E-state index in [1.165, 1.54) is 10.5 Å². The van der Waals surface area contributed by atoms with Gasteiger partial charge in [0, 0.05) is 10.8 Å². The summed E-state index contributed by atoms with van der Waals surface area (Å²) in [6.45, 7) is 8.71. The zero-order chi connectivity index (χ0) is 27.5. The Balaban J connectivity index is 1.38. The fourth-order valence-corrected chi connectivity index (χ4v) is 10.6. The van der Waals surface area contributed by atoms with Crippen LogP contribution in [0.3, 0.4) is 0 Å². The molecule has 2 aromatic carbocycles. The molecule has 8 atom stereocenters. The predicted octanol–water partition coefficient (Wildman–Crippen LogP) is 6.86. The number of aliphatic carboxylic acids is 1. The molecular weight excluding hydrogens is 486 g/mol. The highest BCUT2D eigenvalue weighted by atomic mass is 16.4. The van der Waals surface area contributed by atoms with Crippen LogP contribution in [0.15, 0.2) is 54.1 Å². The molecule has 1 heterocycles. The average molecular weight is 526 g/mol. The first-order chi connectivity index (χ1) is 18.5. The normalized spacial score (nSPS) is 40.9. The Morgan fingerprint density at radius 3 is 2.46 bits per heavy atom. The summed E-state index contributed by atoms with van der Waals surface area (Å²) in [5, 5.41) is 12.3. The Hall–Kier alpha value is -2.95. The van der Waals surface area contributed by atoms with Crippen molar-refractivity contribution < 1.29 is 19.5 Å². The third-order valence-corrected chi connectivity index (χ3v) is 12.2. The van der Waals surface area contributed by atoms with E-state index in [0.29, 0.717) is 11.6 Å². The van der Waals surface area contributed by atoms with Gasteiger partial charge in [0.25, 0.3) is 0 Å². The number of carbonyl (C=O) groups is 3. The van der Waals surface area contributed by atoms with E-state index in [9.17, 15) is 19.5 Å². The standard InChI is InChI=1S/C34H39NO4/c1-19(2)23-18-34-16-13-25-32(3,14-8-15-33(25,4)31(38)39)26(34)17-22(23)27-28(34)30(37)35(29(27)36)24-12-7-10-20-9-5-6-11-21(20)24/h5-7,9-12,18-19,22,25-28H,8,13-17H2,1-4H3,(H,38,39)/t22-,25+,26+,27-,28+,32+,33-,34+/m1/s1. The lowest BCUT2D eigenvalue weighted by Crippen LogP contribution is -2.65. The summed E-state index contributed by atoms with van der Waals surface area (Å²) >= 11 is 0. The molecule has 4 fully saturated rings. The van der Waals surface area contributed by atoms with E-state index in [1.807, 2.05) is 49.4 Å². The van der Waals surface area contributed by atoms with Crippen LogP contribution in [0.1, 0.15) is 66.2 Å². The van der Waals surface area contributed by atoms with Gasteiger partial charge < -0.3 is 5.11 Å². The Morgan fingerprint density at radius 2 is 1.72 bits per heavy atom. The molecule has 2 aromatic rings. The number of benzene rings is 2. The lowest BCUT2D eigenvalue weighted by Gasteiger charge is -2.68. The van der Waals surface area contributed by atoms with Crippen molar-refractivity contribution in [2.75, 3.05) is 4.90 Å². The van der Waals surface area contributed by atoms with E-state index in [0.717, 1.165) is 49.3 Å². The van der Waals surface area contributed by atoms with E-state index in [1.54, 1.807) is 0 Å². The first-order valence-electron chi connectivity index (χ1n) is 14.9. The van der Waals surface area contributed by atoms with Crippen LogP contribution in [0.4, 0.5) is 5.69 Å². The maximum atomic E-state index is 14.6. The van der Waals surface area contributed by atoms with E-state index < -0.39 is 16.8 Å². The molecule has 5 nitrogen and oxygen atoms in total. The van der Waals surface area contributed by atoms with Crippen LogP contribution in [-0.2, 0) is 14.4 Å². The Labute approximate surface area is 230 Å². The molecule has 2 bridgehead atoms. The number of anilines is 1. The van der Waals surface area contributed by atoms with Gasteiger partial charge in [-0.05, 0) is 79.6 Å². The van der Waals surface area contributed by atoms with E-state index >= 15 is 0 Å². The van der Waals surface area contributed by atoms with Crippen molar-refractivity contribution in [3.8, 4) is 0 Å². The summed E-state index contributed by atoms with van der Waals surface area (Å²) < 4.78 is 0. The first kappa shape index (κ1) is 25.0. The molecule has 1 spiro atoms. The van der Waals surface area contributed by atoms with Crippen LogP contribution in [0, 0.1) is 51.8 Å². The third-order valence-electron chi connectivity index (χ3n) is 12.2. The Bertz CT molecular complexity index is 1450. The quantitative estimate of drug-likeness (QED) is 0.351. The second kappa shape index (κ2) is 8.05. The van der Waals surface area contributed by atoms with Gasteiger partial charge in [0.05, 0.1) is 22.9 Å². The lowest BCUT2D eigenvalue weighted by atomic mass is 9.34. The van der Waals surface area contributed by atoms with Crippen LogP contribution in [0.25, 0.3) is 10.8 Å². The Morgan fingerprint density at radius 1 is 0.974 bits per heavy atom. The van der Waals surface area contributed by atoms with E-state index in [-0.39, 0.29) is 46.8 Å². The van der Waals surface area contributed by atoms with Gasteiger partial charge in [0.2, 0.25) is 11.8 Å². The summed E-state index contributed by atoms with van der Waals surface area (Å²) in [5.41, 5.74) is 0.744. The van der Waals surface area contributed by atoms with Crippen molar-refractivity contribution in [1.29, 1.82) is 0 Å². The average Bonchev–Trinajstić information content (AvgIpc) is 3.19. The number of hydrogen-bond donors (Lipinski definition) is 1. The van der Waals surface area contributed by atoms with Gasteiger partial charge in [-0.3, -0.25) is 14.4 Å². The zero-order valence-electron chi connectivity index (χ0n) is 23.4. The van der Waals surface area contributed by atoms with Crippen molar-refractivity contribution in [3.05, 3.63) is 54.1 Å². The number of rotatable bonds is 3. The first-order valence-corrected chi connectivity index (χ1v) is 14.9. The van der Waals surface area contributed by atoms with Crippen LogP contribution in [0.2, 0.25) is 0 Å². The van der Waals surface area contributed by atoms with Crippen LogP contribution in [-0.4, -0.2) is 22.9 Å². The maximum absolute atomic E-state index is 14.6. The molecular formula is C34H39NO4. The van der Waals surface area contributed by atoms with Crippen LogP contribution in [0.5, 0.6) is 0 Å². The second-order valence-corrected chi connectivity index (χ2v) is 14.0. The van der Waals surface area contributed by atoms with Crippen molar-refractivity contribution >= 4 is 34.2 Å². The highest BCUT2D eigenvalue weighted by molar-refractivity contribution is 6.25. The molecule has 6 aliphatic rings. The summed E-state index contributed by atoms with van der Waals surface area (Å²) in [5.74, 6) is -0.828. The number of carboxylic acids is 1. The van der Waals surface area contributed by atoms with E-state index in [2.05, 4.69) is 26.8 Å².